The summed E-state index contributed by atoms with van der Waals surface area (Å²) in [4.78, 5) is 42.0. The van der Waals surface area contributed by atoms with E-state index in [0.717, 1.165) is 48.3 Å². The van der Waals surface area contributed by atoms with Gasteiger partial charge in [0, 0.05) is 37.4 Å². The molecule has 7 nitrogen and oxygen atoms in total. The number of amides is 3. The molecule has 0 N–H and O–H groups in total. The quantitative estimate of drug-likeness (QED) is 0.698. The van der Waals surface area contributed by atoms with Crippen LogP contribution in [0, 0.1) is 5.82 Å². The van der Waals surface area contributed by atoms with Gasteiger partial charge < -0.3 is 14.5 Å². The van der Waals surface area contributed by atoms with Crippen LogP contribution in [-0.4, -0.2) is 72.8 Å². The average molecular weight is 419 g/mol. The molecule has 0 aliphatic carbocycles. The van der Waals surface area contributed by atoms with E-state index in [1.54, 1.807) is 11.0 Å². The third-order valence-corrected chi connectivity index (χ3v) is 6.18. The second kappa shape index (κ2) is 8.54. The molecule has 3 saturated heterocycles. The number of ether oxygens (including phenoxy) is 1. The molecular formula is C20H22FN3O4S. The van der Waals surface area contributed by atoms with Crippen LogP contribution in [0.25, 0.3) is 6.08 Å². The summed E-state index contributed by atoms with van der Waals surface area (Å²) in [5.74, 6) is -1.30. The molecule has 4 rings (SSSR count). The molecule has 1 aromatic rings. The predicted molar refractivity (Wildman–Crippen MR) is 108 cm³/mol. The Morgan fingerprint density at radius 3 is 2.55 bits per heavy atom. The number of nitrogens with zero attached hydrogens (tertiary/aromatic N) is 3. The number of anilines is 1. The number of benzene rings is 1. The second-order valence-electron chi connectivity index (χ2n) is 7.16. The first-order chi connectivity index (χ1) is 14.0. The normalized spacial score (nSPS) is 21.6. The summed E-state index contributed by atoms with van der Waals surface area (Å²) in [5.41, 5.74) is 1.07. The first kappa shape index (κ1) is 19.9. The minimum absolute atomic E-state index is 0.123. The third kappa shape index (κ3) is 4.30. The molecule has 0 radical (unpaired) electrons. The van der Waals surface area contributed by atoms with Crippen molar-refractivity contribution in [3.63, 3.8) is 0 Å². The van der Waals surface area contributed by atoms with E-state index in [-0.39, 0.29) is 22.9 Å². The fraction of sp³-hybridized carbons (Fsp3) is 0.450. The van der Waals surface area contributed by atoms with Gasteiger partial charge in [0.05, 0.1) is 18.1 Å². The Labute approximate surface area is 172 Å². The van der Waals surface area contributed by atoms with Crippen LogP contribution in [0.15, 0.2) is 23.1 Å². The minimum Gasteiger partial charge on any atom is -0.378 e. The zero-order valence-electron chi connectivity index (χ0n) is 15.9. The number of halogens is 1. The number of thioether (sulfide) groups is 1. The number of morpholine rings is 1. The molecule has 0 saturated carbocycles. The van der Waals surface area contributed by atoms with Crippen LogP contribution in [0.4, 0.5) is 14.9 Å². The molecule has 0 unspecified atom stereocenters. The first-order valence-electron chi connectivity index (χ1n) is 9.68. The fourth-order valence-corrected chi connectivity index (χ4v) is 4.46. The van der Waals surface area contributed by atoms with E-state index in [4.69, 9.17) is 4.74 Å². The summed E-state index contributed by atoms with van der Waals surface area (Å²) in [6, 6.07) is 4.91. The highest BCUT2D eigenvalue weighted by Crippen LogP contribution is 2.33. The average Bonchev–Trinajstić information content (AvgIpc) is 3.35. The van der Waals surface area contributed by atoms with Gasteiger partial charge in [0.2, 0.25) is 5.91 Å². The Kier molecular flexibility index (Phi) is 5.86. The number of carbonyl (C=O) groups is 3. The van der Waals surface area contributed by atoms with Gasteiger partial charge in [-0.1, -0.05) is 0 Å². The molecule has 3 amide bonds. The zero-order chi connectivity index (χ0) is 20.4. The Morgan fingerprint density at radius 1 is 1.14 bits per heavy atom. The molecule has 29 heavy (non-hydrogen) atoms. The van der Waals surface area contributed by atoms with Gasteiger partial charge in [-0.25, -0.2) is 4.39 Å². The van der Waals surface area contributed by atoms with Crippen molar-refractivity contribution in [2.45, 2.75) is 12.8 Å². The summed E-state index contributed by atoms with van der Waals surface area (Å²) in [5, 5.41) is -0.517. The Hall–Kier alpha value is -2.39. The maximum Gasteiger partial charge on any atom is 0.294 e. The van der Waals surface area contributed by atoms with Gasteiger partial charge in [0.25, 0.3) is 11.1 Å². The minimum atomic E-state index is -0.565. The summed E-state index contributed by atoms with van der Waals surface area (Å²) in [6.07, 6.45) is 3.58. The second-order valence-corrected chi connectivity index (χ2v) is 8.15. The van der Waals surface area contributed by atoms with Crippen LogP contribution in [0.2, 0.25) is 0 Å². The Balaban J connectivity index is 1.46. The van der Waals surface area contributed by atoms with Crippen molar-refractivity contribution >= 4 is 40.6 Å². The lowest BCUT2D eigenvalue weighted by Gasteiger charge is -2.28. The van der Waals surface area contributed by atoms with Crippen molar-refractivity contribution in [1.29, 1.82) is 0 Å². The largest absolute Gasteiger partial charge is 0.378 e. The van der Waals surface area contributed by atoms with Gasteiger partial charge in [0.15, 0.2) is 0 Å². The molecule has 0 atom stereocenters. The van der Waals surface area contributed by atoms with Crippen LogP contribution in [-0.2, 0) is 14.3 Å². The molecule has 3 aliphatic rings. The van der Waals surface area contributed by atoms with Crippen LogP contribution >= 0.6 is 11.8 Å². The predicted octanol–water partition coefficient (Wildman–Crippen LogP) is 2.32. The van der Waals surface area contributed by atoms with Gasteiger partial charge in [-0.2, -0.15) is 0 Å². The fourth-order valence-electron chi connectivity index (χ4n) is 3.63. The molecule has 3 aliphatic heterocycles. The van der Waals surface area contributed by atoms with Crippen molar-refractivity contribution in [2.75, 3.05) is 50.8 Å². The number of hydrogen-bond acceptors (Lipinski definition) is 6. The van der Waals surface area contributed by atoms with Gasteiger partial charge in [0.1, 0.15) is 12.4 Å². The maximum atomic E-state index is 14.6. The van der Waals surface area contributed by atoms with Crippen molar-refractivity contribution in [1.82, 2.24) is 9.80 Å². The lowest BCUT2D eigenvalue weighted by molar-refractivity contribution is -0.139. The van der Waals surface area contributed by atoms with Crippen LogP contribution < -0.4 is 4.90 Å². The van der Waals surface area contributed by atoms with Gasteiger partial charge in [-0.05, 0) is 48.9 Å². The van der Waals surface area contributed by atoms with Crippen molar-refractivity contribution in [3.05, 3.63) is 34.5 Å². The van der Waals surface area contributed by atoms with Crippen molar-refractivity contribution in [2.24, 2.45) is 0 Å². The molecule has 3 fully saturated rings. The Morgan fingerprint density at radius 2 is 1.86 bits per heavy atom. The smallest absolute Gasteiger partial charge is 0.294 e. The first-order valence-corrected chi connectivity index (χ1v) is 10.5. The summed E-state index contributed by atoms with van der Waals surface area (Å²) < 4.78 is 19.8. The van der Waals surface area contributed by atoms with Gasteiger partial charge >= 0.3 is 0 Å². The third-order valence-electron chi connectivity index (χ3n) is 5.27. The maximum absolute atomic E-state index is 14.6. The number of hydrogen-bond donors (Lipinski definition) is 0. The highest BCUT2D eigenvalue weighted by Gasteiger charge is 2.37. The Bertz CT molecular complexity index is 863. The van der Waals surface area contributed by atoms with E-state index in [9.17, 15) is 18.8 Å². The lowest BCUT2D eigenvalue weighted by Crippen LogP contribution is -2.46. The molecule has 154 valence electrons. The topological polar surface area (TPSA) is 70.2 Å². The van der Waals surface area contributed by atoms with Crippen LogP contribution in [0.1, 0.15) is 18.4 Å². The van der Waals surface area contributed by atoms with E-state index in [1.807, 2.05) is 6.07 Å². The van der Waals surface area contributed by atoms with Gasteiger partial charge in [-0.3, -0.25) is 19.3 Å². The zero-order valence-corrected chi connectivity index (χ0v) is 16.8. The number of carbonyl (C=O) groups excluding carboxylic acids is 3. The molecule has 1 aromatic carbocycles. The summed E-state index contributed by atoms with van der Waals surface area (Å²) >= 11 is 0.730. The van der Waals surface area contributed by atoms with Crippen LogP contribution in [0.3, 0.4) is 0 Å². The van der Waals surface area contributed by atoms with E-state index < -0.39 is 17.0 Å². The number of rotatable bonds is 4. The molecule has 0 spiro atoms. The molecule has 9 heteroatoms. The van der Waals surface area contributed by atoms with E-state index in [0.29, 0.717) is 26.3 Å². The SMILES string of the molecule is O=C(CN1C(=O)SC(=Cc2ccc(N3CCCC3)cc2F)C1=O)N1CCOCC1. The van der Waals surface area contributed by atoms with Crippen molar-refractivity contribution in [3.8, 4) is 0 Å². The van der Waals surface area contributed by atoms with E-state index in [1.165, 1.54) is 12.1 Å². The lowest BCUT2D eigenvalue weighted by atomic mass is 10.1. The van der Waals surface area contributed by atoms with E-state index in [2.05, 4.69) is 4.90 Å². The highest BCUT2D eigenvalue weighted by molar-refractivity contribution is 8.18. The summed E-state index contributed by atoms with van der Waals surface area (Å²) in [7, 11) is 0. The van der Waals surface area contributed by atoms with Crippen LogP contribution in [0.5, 0.6) is 0 Å². The van der Waals surface area contributed by atoms with Crippen molar-refractivity contribution < 1.29 is 23.5 Å². The van der Waals surface area contributed by atoms with Gasteiger partial charge in [-0.15, -0.1) is 0 Å². The standard InChI is InChI=1S/C20H22FN3O4S/c21-16-12-15(22-5-1-2-6-22)4-3-14(16)11-17-19(26)24(20(27)29-17)13-18(25)23-7-9-28-10-8-23/h3-4,11-12H,1-2,5-10,13H2. The summed E-state index contributed by atoms with van der Waals surface area (Å²) in [6.45, 7) is 3.29. The molecule has 0 bridgehead atoms. The molecule has 3 heterocycles. The molecule has 0 aromatic heterocycles. The number of imide groups is 1. The van der Waals surface area contributed by atoms with E-state index >= 15 is 0 Å². The highest BCUT2D eigenvalue weighted by atomic mass is 32.2. The molecular weight excluding hydrogens is 397 g/mol. The monoisotopic (exact) mass is 419 g/mol.